The van der Waals surface area contributed by atoms with Gasteiger partial charge in [-0.3, -0.25) is 4.21 Å². The summed E-state index contributed by atoms with van der Waals surface area (Å²) >= 11 is 6.66. The minimum atomic E-state index is -1.33. The number of aryl methyl sites for hydroxylation is 1. The van der Waals surface area contributed by atoms with Crippen LogP contribution in [0.5, 0.6) is 11.5 Å². The van der Waals surface area contributed by atoms with Crippen LogP contribution in [0.3, 0.4) is 0 Å². The first-order chi connectivity index (χ1) is 15.9. The van der Waals surface area contributed by atoms with Gasteiger partial charge in [-0.25, -0.2) is 24.9 Å². The van der Waals surface area contributed by atoms with Crippen LogP contribution >= 0.6 is 11.6 Å². The van der Waals surface area contributed by atoms with Gasteiger partial charge in [-0.15, -0.1) is 0 Å². The molecule has 0 saturated heterocycles. The number of halogens is 1. The standard InChI is InChI=1S/C22H18ClN7O2S/c1-12-18(32-13-4-6-17-15(8-13)27-11-30(17)2)7-5-14(19(12)23)28-21-20-16(25-10-26-21)9-24-22(29-20)33(3)31/h4-11H,1-3H3,(H,25,26,28). The van der Waals surface area contributed by atoms with Crippen LogP contribution in [0.25, 0.3) is 22.1 Å². The maximum Gasteiger partial charge on any atom is 0.218 e. The van der Waals surface area contributed by atoms with Crippen molar-refractivity contribution in [2.24, 2.45) is 7.05 Å². The third kappa shape index (κ3) is 3.98. The molecule has 9 nitrogen and oxygen atoms in total. The average molecular weight is 480 g/mol. The Morgan fingerprint density at radius 1 is 1.09 bits per heavy atom. The van der Waals surface area contributed by atoms with E-state index in [-0.39, 0.29) is 5.16 Å². The van der Waals surface area contributed by atoms with Crippen LogP contribution in [-0.2, 0) is 17.8 Å². The number of aromatic nitrogens is 6. The van der Waals surface area contributed by atoms with Crippen LogP contribution in [-0.4, -0.2) is 40.0 Å². The molecule has 1 unspecified atom stereocenters. The number of nitrogens with zero attached hydrogens (tertiary/aromatic N) is 6. The van der Waals surface area contributed by atoms with Crippen molar-refractivity contribution in [1.29, 1.82) is 0 Å². The van der Waals surface area contributed by atoms with E-state index in [1.807, 2.05) is 42.8 Å². The SMILES string of the molecule is Cc1c(Oc2ccc3c(c2)ncn3C)ccc(Nc2ncnc3cnc(S(C)=O)nc23)c1Cl. The first-order valence-corrected chi connectivity index (χ1v) is 11.8. The molecule has 0 aliphatic heterocycles. The fourth-order valence-corrected chi connectivity index (χ4v) is 4.00. The van der Waals surface area contributed by atoms with E-state index in [1.165, 1.54) is 18.8 Å². The number of ether oxygens (including phenoxy) is 1. The van der Waals surface area contributed by atoms with Gasteiger partial charge < -0.3 is 14.6 Å². The summed E-state index contributed by atoms with van der Waals surface area (Å²) in [5.41, 5.74) is 4.23. The molecular weight excluding hydrogens is 462 g/mol. The molecule has 2 aromatic carbocycles. The summed E-state index contributed by atoms with van der Waals surface area (Å²) in [5, 5.41) is 3.88. The summed E-state index contributed by atoms with van der Waals surface area (Å²) in [6.07, 6.45) is 6.21. The van der Waals surface area contributed by atoms with Crippen LogP contribution < -0.4 is 10.1 Å². The molecule has 0 spiro atoms. The van der Waals surface area contributed by atoms with Crippen LogP contribution in [0.15, 0.2) is 54.3 Å². The van der Waals surface area contributed by atoms with Crippen LogP contribution in [0, 0.1) is 6.92 Å². The quantitative estimate of drug-likeness (QED) is 0.366. The fraction of sp³-hybridized carbons (Fsp3) is 0.136. The van der Waals surface area contributed by atoms with Crippen molar-refractivity contribution < 1.29 is 8.95 Å². The van der Waals surface area contributed by atoms with E-state index in [0.717, 1.165) is 16.6 Å². The first kappa shape index (κ1) is 21.2. The van der Waals surface area contributed by atoms with Crippen molar-refractivity contribution in [3.05, 3.63) is 59.8 Å². The van der Waals surface area contributed by atoms with Crippen molar-refractivity contribution in [3.8, 4) is 11.5 Å². The second-order valence-electron chi connectivity index (χ2n) is 7.35. The van der Waals surface area contributed by atoms with E-state index in [4.69, 9.17) is 16.3 Å². The summed E-state index contributed by atoms with van der Waals surface area (Å²) in [5.74, 6) is 1.73. The van der Waals surface area contributed by atoms with Gasteiger partial charge in [0.1, 0.15) is 28.9 Å². The molecule has 0 radical (unpaired) electrons. The summed E-state index contributed by atoms with van der Waals surface area (Å²) in [6.45, 7) is 1.88. The molecule has 1 N–H and O–H groups in total. The number of anilines is 2. The van der Waals surface area contributed by atoms with Gasteiger partial charge in [0.15, 0.2) is 5.82 Å². The lowest BCUT2D eigenvalue weighted by molar-refractivity contribution is 0.479. The molecule has 33 heavy (non-hydrogen) atoms. The highest BCUT2D eigenvalue weighted by molar-refractivity contribution is 7.84. The van der Waals surface area contributed by atoms with Gasteiger partial charge in [-0.2, -0.15) is 0 Å². The number of rotatable bonds is 5. The number of hydrogen-bond donors (Lipinski definition) is 1. The zero-order chi connectivity index (χ0) is 23.1. The number of benzene rings is 2. The summed E-state index contributed by atoms with van der Waals surface area (Å²) < 4.78 is 19.8. The van der Waals surface area contributed by atoms with E-state index in [1.54, 1.807) is 12.4 Å². The number of nitrogens with one attached hydrogen (secondary N) is 1. The van der Waals surface area contributed by atoms with Crippen LogP contribution in [0.4, 0.5) is 11.5 Å². The molecule has 3 aromatic heterocycles. The molecule has 0 aliphatic carbocycles. The van der Waals surface area contributed by atoms with Crippen molar-refractivity contribution in [3.63, 3.8) is 0 Å². The topological polar surface area (TPSA) is 108 Å². The fourth-order valence-electron chi connectivity index (χ4n) is 3.38. The highest BCUT2D eigenvalue weighted by Crippen LogP contribution is 2.37. The number of imidazole rings is 1. The van der Waals surface area contributed by atoms with Crippen molar-refractivity contribution in [2.75, 3.05) is 11.6 Å². The Labute approximate surface area is 196 Å². The normalized spacial score (nSPS) is 12.2. The minimum absolute atomic E-state index is 0.205. The molecule has 0 bridgehead atoms. The van der Waals surface area contributed by atoms with E-state index >= 15 is 0 Å². The maximum absolute atomic E-state index is 11.8. The van der Waals surface area contributed by atoms with Gasteiger partial charge in [0.25, 0.3) is 0 Å². The lowest BCUT2D eigenvalue weighted by atomic mass is 10.2. The molecule has 5 rings (SSSR count). The predicted molar refractivity (Wildman–Crippen MR) is 128 cm³/mol. The van der Waals surface area contributed by atoms with Crippen LogP contribution in [0.2, 0.25) is 5.02 Å². The molecule has 0 aliphatic rings. The Balaban J connectivity index is 1.46. The van der Waals surface area contributed by atoms with Gasteiger partial charge in [-0.05, 0) is 31.2 Å². The second-order valence-corrected chi connectivity index (χ2v) is 9.00. The summed E-state index contributed by atoms with van der Waals surface area (Å²) in [7, 11) is 0.613. The molecule has 1 atom stereocenters. The molecule has 0 saturated carbocycles. The van der Waals surface area contributed by atoms with Crippen molar-refractivity contribution in [1.82, 2.24) is 29.5 Å². The lowest BCUT2D eigenvalue weighted by Gasteiger charge is -2.14. The molecule has 11 heteroatoms. The first-order valence-electron chi connectivity index (χ1n) is 9.87. The monoisotopic (exact) mass is 479 g/mol. The molecule has 166 valence electrons. The Bertz CT molecular complexity index is 1550. The third-order valence-corrected chi connectivity index (χ3v) is 6.32. The average Bonchev–Trinajstić information content (AvgIpc) is 3.18. The molecular formula is C22H18ClN7O2S. The van der Waals surface area contributed by atoms with E-state index in [2.05, 4.69) is 30.2 Å². The Kier molecular flexibility index (Phi) is 5.39. The van der Waals surface area contributed by atoms with Crippen LogP contribution in [0.1, 0.15) is 5.56 Å². The zero-order valence-corrected chi connectivity index (χ0v) is 19.5. The predicted octanol–water partition coefficient (Wildman–Crippen LogP) is 4.54. The molecule has 5 aromatic rings. The van der Waals surface area contributed by atoms with Crippen molar-refractivity contribution in [2.45, 2.75) is 12.1 Å². The molecule has 0 fully saturated rings. The van der Waals surface area contributed by atoms with E-state index < -0.39 is 10.8 Å². The maximum atomic E-state index is 11.8. The Morgan fingerprint density at radius 3 is 2.76 bits per heavy atom. The smallest absolute Gasteiger partial charge is 0.218 e. The lowest BCUT2D eigenvalue weighted by Crippen LogP contribution is -2.03. The highest BCUT2D eigenvalue weighted by Gasteiger charge is 2.15. The van der Waals surface area contributed by atoms with Gasteiger partial charge in [0.05, 0.1) is 45.1 Å². The van der Waals surface area contributed by atoms with Gasteiger partial charge >= 0.3 is 0 Å². The number of hydrogen-bond acceptors (Lipinski definition) is 8. The Morgan fingerprint density at radius 2 is 1.94 bits per heavy atom. The van der Waals surface area contributed by atoms with Gasteiger partial charge in [0, 0.05) is 24.9 Å². The highest BCUT2D eigenvalue weighted by atomic mass is 35.5. The molecule has 0 amide bonds. The summed E-state index contributed by atoms with van der Waals surface area (Å²) in [6, 6.07) is 9.38. The molecule has 3 heterocycles. The zero-order valence-electron chi connectivity index (χ0n) is 17.9. The van der Waals surface area contributed by atoms with Crippen molar-refractivity contribution >= 4 is 56.0 Å². The van der Waals surface area contributed by atoms with Gasteiger partial charge in [0.2, 0.25) is 5.16 Å². The largest absolute Gasteiger partial charge is 0.457 e. The second kappa shape index (κ2) is 8.38. The van der Waals surface area contributed by atoms with E-state index in [9.17, 15) is 4.21 Å². The summed E-state index contributed by atoms with van der Waals surface area (Å²) in [4.78, 5) is 21.3. The van der Waals surface area contributed by atoms with E-state index in [0.29, 0.717) is 39.1 Å². The van der Waals surface area contributed by atoms with Gasteiger partial charge in [-0.1, -0.05) is 11.6 Å². The minimum Gasteiger partial charge on any atom is -0.457 e. The number of fused-ring (bicyclic) bond motifs is 2. The Hall–Kier alpha value is -3.63. The third-order valence-electron chi connectivity index (χ3n) is 5.13.